The number of nitrogens with zero attached hydrogens (tertiary/aromatic N) is 1. The molecule has 1 aliphatic heterocycles. The van der Waals surface area contributed by atoms with E-state index in [0.717, 1.165) is 12.1 Å². The van der Waals surface area contributed by atoms with Crippen molar-refractivity contribution in [3.05, 3.63) is 35.4 Å². The maximum Gasteiger partial charge on any atom is 0.224 e. The van der Waals surface area contributed by atoms with Gasteiger partial charge in [-0.25, -0.2) is 0 Å². The summed E-state index contributed by atoms with van der Waals surface area (Å²) in [6.45, 7) is 7.82. The number of piperidine rings is 1. The van der Waals surface area contributed by atoms with Crippen LogP contribution < -0.4 is 10.6 Å². The van der Waals surface area contributed by atoms with Gasteiger partial charge in [0.25, 0.3) is 0 Å². The fourth-order valence-electron chi connectivity index (χ4n) is 3.15. The van der Waals surface area contributed by atoms with Crippen LogP contribution in [0.5, 0.6) is 0 Å². The first-order valence-electron chi connectivity index (χ1n) is 8.84. The molecule has 0 radical (unpaired) electrons. The first kappa shape index (κ1) is 18.0. The van der Waals surface area contributed by atoms with E-state index in [1.54, 1.807) is 0 Å². The van der Waals surface area contributed by atoms with Gasteiger partial charge in [0.1, 0.15) is 0 Å². The molecule has 1 aromatic rings. The highest BCUT2D eigenvalue weighted by Crippen LogP contribution is 2.19. The third kappa shape index (κ3) is 5.63. The molecule has 4 nitrogen and oxygen atoms in total. The van der Waals surface area contributed by atoms with E-state index in [1.165, 1.54) is 31.4 Å². The zero-order chi connectivity index (χ0) is 16.7. The minimum atomic E-state index is -0.000127. The lowest BCUT2D eigenvalue weighted by Crippen LogP contribution is -2.36. The van der Waals surface area contributed by atoms with Crippen molar-refractivity contribution in [2.45, 2.75) is 52.2 Å². The minimum absolute atomic E-state index is 0.000127. The fraction of sp³-hybridized carbons (Fsp3) is 0.632. The summed E-state index contributed by atoms with van der Waals surface area (Å²) < 4.78 is 0. The van der Waals surface area contributed by atoms with Gasteiger partial charge in [-0.3, -0.25) is 9.69 Å². The van der Waals surface area contributed by atoms with Crippen LogP contribution in [0.25, 0.3) is 0 Å². The van der Waals surface area contributed by atoms with E-state index in [2.05, 4.69) is 46.7 Å². The highest BCUT2D eigenvalue weighted by atomic mass is 16.1. The van der Waals surface area contributed by atoms with Gasteiger partial charge in [-0.05, 0) is 44.5 Å². The summed E-state index contributed by atoms with van der Waals surface area (Å²) >= 11 is 0. The molecule has 2 atom stereocenters. The standard InChI is InChI=1S/C19H31N3O/c1-15(12-20-3)19(23)21-13-17-7-9-18(10-8-17)14-22-11-5-4-6-16(22)2/h7-10,15-16,20H,4-6,11-14H2,1-3H3,(H,21,23). The Balaban J connectivity index is 1.81. The van der Waals surface area contributed by atoms with Crippen molar-refractivity contribution >= 4 is 5.91 Å². The van der Waals surface area contributed by atoms with Crippen molar-refractivity contribution in [2.75, 3.05) is 20.1 Å². The van der Waals surface area contributed by atoms with Crippen LogP contribution in [0.4, 0.5) is 0 Å². The van der Waals surface area contributed by atoms with Gasteiger partial charge in [0.15, 0.2) is 0 Å². The van der Waals surface area contributed by atoms with Gasteiger partial charge >= 0.3 is 0 Å². The Morgan fingerprint density at radius 1 is 1.26 bits per heavy atom. The van der Waals surface area contributed by atoms with E-state index in [9.17, 15) is 4.79 Å². The first-order valence-corrected chi connectivity index (χ1v) is 8.84. The number of likely N-dealkylation sites (tertiary alicyclic amines) is 1. The van der Waals surface area contributed by atoms with Crippen LogP contribution in [0.15, 0.2) is 24.3 Å². The zero-order valence-electron chi connectivity index (χ0n) is 14.8. The Hall–Kier alpha value is -1.39. The van der Waals surface area contributed by atoms with Crippen molar-refractivity contribution in [1.82, 2.24) is 15.5 Å². The second-order valence-electron chi connectivity index (χ2n) is 6.81. The van der Waals surface area contributed by atoms with Crippen molar-refractivity contribution < 1.29 is 4.79 Å². The van der Waals surface area contributed by atoms with E-state index in [4.69, 9.17) is 0 Å². The third-order valence-electron chi connectivity index (χ3n) is 4.77. The molecule has 0 saturated carbocycles. The lowest BCUT2D eigenvalue weighted by molar-refractivity contribution is -0.124. The summed E-state index contributed by atoms with van der Waals surface area (Å²) in [5.74, 6) is 0.102. The third-order valence-corrected chi connectivity index (χ3v) is 4.77. The zero-order valence-corrected chi connectivity index (χ0v) is 14.8. The average molecular weight is 317 g/mol. The Kier molecular flexibility index (Phi) is 7.06. The second-order valence-corrected chi connectivity index (χ2v) is 6.81. The number of carbonyl (C=O) groups is 1. The van der Waals surface area contributed by atoms with E-state index in [-0.39, 0.29) is 11.8 Å². The predicted molar refractivity (Wildman–Crippen MR) is 95.1 cm³/mol. The minimum Gasteiger partial charge on any atom is -0.352 e. The molecular formula is C19H31N3O. The maximum atomic E-state index is 11.9. The SMILES string of the molecule is CNCC(C)C(=O)NCc1ccc(CN2CCCCC2C)cc1. The molecule has 1 aromatic carbocycles. The number of hydrogen-bond donors (Lipinski definition) is 2. The quantitative estimate of drug-likeness (QED) is 0.812. The van der Waals surface area contributed by atoms with Gasteiger partial charge in [-0.15, -0.1) is 0 Å². The molecule has 128 valence electrons. The molecule has 2 rings (SSSR count). The largest absolute Gasteiger partial charge is 0.352 e. The molecule has 1 amide bonds. The van der Waals surface area contributed by atoms with Crippen LogP contribution in [0.3, 0.4) is 0 Å². The summed E-state index contributed by atoms with van der Waals surface area (Å²) in [6.07, 6.45) is 4.00. The summed E-state index contributed by atoms with van der Waals surface area (Å²) in [5.41, 5.74) is 2.52. The highest BCUT2D eigenvalue weighted by molar-refractivity contribution is 5.78. The Bertz CT molecular complexity index is 486. The van der Waals surface area contributed by atoms with E-state index >= 15 is 0 Å². The van der Waals surface area contributed by atoms with E-state index in [1.807, 2.05) is 14.0 Å². The second kappa shape index (κ2) is 9.04. The molecule has 0 aromatic heterocycles. The van der Waals surface area contributed by atoms with Gasteiger partial charge in [-0.1, -0.05) is 37.6 Å². The molecule has 1 aliphatic rings. The average Bonchev–Trinajstić information content (AvgIpc) is 2.56. The molecule has 1 fully saturated rings. The van der Waals surface area contributed by atoms with E-state index in [0.29, 0.717) is 19.1 Å². The number of carbonyl (C=O) groups excluding carboxylic acids is 1. The van der Waals surface area contributed by atoms with Gasteiger partial charge in [0.2, 0.25) is 5.91 Å². The first-order chi connectivity index (χ1) is 11.1. The summed E-state index contributed by atoms with van der Waals surface area (Å²) in [4.78, 5) is 14.5. The molecule has 2 unspecified atom stereocenters. The lowest BCUT2D eigenvalue weighted by atomic mass is 10.0. The molecule has 1 saturated heterocycles. The topological polar surface area (TPSA) is 44.4 Å². The van der Waals surface area contributed by atoms with Gasteiger partial charge in [0, 0.05) is 31.6 Å². The van der Waals surface area contributed by atoms with Crippen LogP contribution in [0.2, 0.25) is 0 Å². The van der Waals surface area contributed by atoms with Crippen LogP contribution in [-0.2, 0) is 17.9 Å². The number of hydrogen-bond acceptors (Lipinski definition) is 3. The molecule has 0 bridgehead atoms. The predicted octanol–water partition coefficient (Wildman–Crippen LogP) is 2.53. The van der Waals surface area contributed by atoms with Crippen LogP contribution in [0.1, 0.15) is 44.2 Å². The van der Waals surface area contributed by atoms with Gasteiger partial charge in [-0.2, -0.15) is 0 Å². The summed E-state index contributed by atoms with van der Waals surface area (Å²) in [7, 11) is 1.87. The lowest BCUT2D eigenvalue weighted by Gasteiger charge is -2.33. The Morgan fingerprint density at radius 2 is 1.96 bits per heavy atom. The normalized spacial score (nSPS) is 20.2. The molecule has 1 heterocycles. The summed E-state index contributed by atoms with van der Waals surface area (Å²) in [6, 6.07) is 9.34. The van der Waals surface area contributed by atoms with Crippen LogP contribution in [-0.4, -0.2) is 37.0 Å². The van der Waals surface area contributed by atoms with Crippen LogP contribution >= 0.6 is 0 Å². The molecule has 0 spiro atoms. The summed E-state index contributed by atoms with van der Waals surface area (Å²) in [5, 5.41) is 6.03. The number of amides is 1. The smallest absolute Gasteiger partial charge is 0.224 e. The molecule has 0 aliphatic carbocycles. The molecule has 2 N–H and O–H groups in total. The molecule has 23 heavy (non-hydrogen) atoms. The highest BCUT2D eigenvalue weighted by Gasteiger charge is 2.18. The van der Waals surface area contributed by atoms with Crippen molar-refractivity contribution in [3.8, 4) is 0 Å². The molecule has 4 heteroatoms. The van der Waals surface area contributed by atoms with Crippen LogP contribution in [0, 0.1) is 5.92 Å². The van der Waals surface area contributed by atoms with E-state index < -0.39 is 0 Å². The Labute approximate surface area is 140 Å². The number of benzene rings is 1. The number of nitrogens with one attached hydrogen (secondary N) is 2. The molecular weight excluding hydrogens is 286 g/mol. The monoisotopic (exact) mass is 317 g/mol. The number of rotatable bonds is 7. The van der Waals surface area contributed by atoms with Crippen molar-refractivity contribution in [3.63, 3.8) is 0 Å². The van der Waals surface area contributed by atoms with Gasteiger partial charge < -0.3 is 10.6 Å². The maximum absolute atomic E-state index is 11.9. The van der Waals surface area contributed by atoms with Gasteiger partial charge in [0.05, 0.1) is 0 Å². The van der Waals surface area contributed by atoms with Crippen molar-refractivity contribution in [1.29, 1.82) is 0 Å². The fourth-order valence-corrected chi connectivity index (χ4v) is 3.15. The van der Waals surface area contributed by atoms with Crippen molar-refractivity contribution in [2.24, 2.45) is 5.92 Å². The Morgan fingerprint density at radius 3 is 2.61 bits per heavy atom.